The third-order valence-corrected chi connectivity index (χ3v) is 0.523. The second kappa shape index (κ2) is 2.58. The van der Waals surface area contributed by atoms with E-state index in [4.69, 9.17) is 5.11 Å². The minimum atomic E-state index is -0.775. The molecule has 0 saturated heterocycles. The maximum atomic E-state index is 9.77. The maximum absolute atomic E-state index is 9.77. The van der Waals surface area contributed by atoms with Gasteiger partial charge in [0.2, 0.25) is 0 Å². The number of rotatable bonds is 2. The van der Waals surface area contributed by atoms with E-state index in [-0.39, 0.29) is 12.5 Å². The van der Waals surface area contributed by atoms with E-state index >= 15 is 0 Å². The van der Waals surface area contributed by atoms with Gasteiger partial charge < -0.3 is 10.8 Å². The lowest BCUT2D eigenvalue weighted by Gasteiger charge is -1.91. The Labute approximate surface area is 42.1 Å². The van der Waals surface area contributed by atoms with Crippen LogP contribution in [-0.4, -0.2) is 17.1 Å². The Morgan fingerprint density at radius 2 is 2.43 bits per heavy atom. The van der Waals surface area contributed by atoms with Crippen molar-refractivity contribution in [1.82, 2.24) is 0 Å². The fraction of sp³-hybridized carbons (Fsp3) is 0.750. The molecule has 0 aliphatic rings. The standard InChI is InChI=1S/C4H9NO2/c1-3(5)2-4(6)7/h3H,2,5H2,1H3,(H,6,7)/p+1/t3-/m1/s1. The van der Waals surface area contributed by atoms with Crippen molar-refractivity contribution < 1.29 is 15.6 Å². The smallest absolute Gasteiger partial charge is 0.309 e. The van der Waals surface area contributed by atoms with Gasteiger partial charge in [0.05, 0.1) is 12.5 Å². The van der Waals surface area contributed by atoms with Gasteiger partial charge in [0.15, 0.2) is 0 Å². The van der Waals surface area contributed by atoms with Gasteiger partial charge >= 0.3 is 5.97 Å². The van der Waals surface area contributed by atoms with Crippen molar-refractivity contribution in [2.45, 2.75) is 19.4 Å². The molecule has 0 fully saturated rings. The zero-order valence-corrected chi connectivity index (χ0v) is 4.35. The molecule has 3 nitrogen and oxygen atoms in total. The van der Waals surface area contributed by atoms with Gasteiger partial charge in [-0.15, -0.1) is 0 Å². The predicted molar refractivity (Wildman–Crippen MR) is 24.6 cm³/mol. The summed E-state index contributed by atoms with van der Waals surface area (Å²) in [6, 6.07) is 0.0255. The van der Waals surface area contributed by atoms with E-state index in [0.717, 1.165) is 0 Å². The molecule has 0 amide bonds. The zero-order valence-electron chi connectivity index (χ0n) is 4.35. The third-order valence-electron chi connectivity index (χ3n) is 0.523. The fourth-order valence-electron chi connectivity index (χ4n) is 0.298. The Hall–Kier alpha value is -0.570. The molecule has 0 aromatic heterocycles. The summed E-state index contributed by atoms with van der Waals surface area (Å²) in [5.41, 5.74) is 3.50. The maximum Gasteiger partial charge on any atom is 0.309 e. The van der Waals surface area contributed by atoms with E-state index in [1.54, 1.807) is 6.92 Å². The third kappa shape index (κ3) is 5.43. The highest BCUT2D eigenvalue weighted by Crippen LogP contribution is 1.79. The molecule has 0 unspecified atom stereocenters. The Balaban J connectivity index is 3.13. The monoisotopic (exact) mass is 104 g/mol. The molecule has 0 rings (SSSR count). The molecule has 0 aliphatic heterocycles. The van der Waals surface area contributed by atoms with E-state index in [2.05, 4.69) is 5.73 Å². The average molecular weight is 104 g/mol. The summed E-state index contributed by atoms with van der Waals surface area (Å²) in [5.74, 6) is -0.775. The van der Waals surface area contributed by atoms with E-state index < -0.39 is 5.97 Å². The van der Waals surface area contributed by atoms with Gasteiger partial charge in [0.1, 0.15) is 0 Å². The number of carbonyl (C=O) groups is 1. The molecule has 42 valence electrons. The fourth-order valence-corrected chi connectivity index (χ4v) is 0.298. The van der Waals surface area contributed by atoms with Crippen molar-refractivity contribution in [3.05, 3.63) is 0 Å². The van der Waals surface area contributed by atoms with Gasteiger partial charge in [-0.1, -0.05) is 0 Å². The molecule has 0 bridgehead atoms. The van der Waals surface area contributed by atoms with Gasteiger partial charge in [-0.25, -0.2) is 0 Å². The van der Waals surface area contributed by atoms with Crippen LogP contribution in [0, 0.1) is 0 Å². The summed E-state index contributed by atoms with van der Waals surface area (Å²) in [5, 5.41) is 8.04. The van der Waals surface area contributed by atoms with Crippen LogP contribution in [0.4, 0.5) is 0 Å². The van der Waals surface area contributed by atoms with Crippen LogP contribution in [0.5, 0.6) is 0 Å². The molecule has 0 aromatic carbocycles. The number of hydrogen-bond donors (Lipinski definition) is 2. The van der Waals surface area contributed by atoms with Gasteiger partial charge in [-0.3, -0.25) is 4.79 Å². The van der Waals surface area contributed by atoms with Gasteiger partial charge in [0, 0.05) is 0 Å². The number of carboxylic acids is 1. The number of aliphatic carboxylic acids is 1. The van der Waals surface area contributed by atoms with E-state index in [9.17, 15) is 4.79 Å². The van der Waals surface area contributed by atoms with Crippen molar-refractivity contribution in [3.8, 4) is 0 Å². The van der Waals surface area contributed by atoms with Crippen LogP contribution in [0.3, 0.4) is 0 Å². The molecule has 7 heavy (non-hydrogen) atoms. The number of hydrogen-bond acceptors (Lipinski definition) is 1. The minimum absolute atomic E-state index is 0.0255. The van der Waals surface area contributed by atoms with Gasteiger partial charge in [-0.2, -0.15) is 0 Å². The minimum Gasteiger partial charge on any atom is -0.481 e. The highest BCUT2D eigenvalue weighted by molar-refractivity contribution is 5.67. The molecule has 1 atom stereocenters. The normalized spacial score (nSPS) is 13.4. The quantitative estimate of drug-likeness (QED) is 0.476. The first kappa shape index (κ1) is 6.43. The molecule has 0 heterocycles. The molecule has 3 heteroatoms. The van der Waals surface area contributed by atoms with E-state index in [0.29, 0.717) is 0 Å². The molecule has 0 aliphatic carbocycles. The largest absolute Gasteiger partial charge is 0.481 e. The van der Waals surface area contributed by atoms with Gasteiger partial charge in [0.25, 0.3) is 0 Å². The topological polar surface area (TPSA) is 64.9 Å². The molecule has 0 saturated carbocycles. The molecule has 0 radical (unpaired) electrons. The summed E-state index contributed by atoms with van der Waals surface area (Å²) in [6.07, 6.45) is 0.167. The highest BCUT2D eigenvalue weighted by atomic mass is 16.4. The Kier molecular flexibility index (Phi) is 2.37. The average Bonchev–Trinajstić information content (AvgIpc) is 1.27. The summed E-state index contributed by atoms with van der Waals surface area (Å²) < 4.78 is 0. The molecular formula is C4H10NO2+. The Bertz CT molecular complexity index is 70.1. The van der Waals surface area contributed by atoms with Crippen molar-refractivity contribution >= 4 is 5.97 Å². The second-order valence-corrected chi connectivity index (χ2v) is 1.70. The molecule has 4 N–H and O–H groups in total. The van der Waals surface area contributed by atoms with Crippen LogP contribution >= 0.6 is 0 Å². The van der Waals surface area contributed by atoms with Gasteiger partial charge in [-0.05, 0) is 6.92 Å². The van der Waals surface area contributed by atoms with Crippen LogP contribution in [0.25, 0.3) is 0 Å². The lowest BCUT2D eigenvalue weighted by Crippen LogP contribution is -2.59. The van der Waals surface area contributed by atoms with E-state index in [1.165, 1.54) is 0 Å². The summed E-state index contributed by atoms with van der Waals surface area (Å²) in [4.78, 5) is 9.77. The molecule has 0 aromatic rings. The second-order valence-electron chi connectivity index (χ2n) is 1.70. The summed E-state index contributed by atoms with van der Waals surface area (Å²) >= 11 is 0. The first-order valence-corrected chi connectivity index (χ1v) is 2.18. The van der Waals surface area contributed by atoms with E-state index in [1.807, 2.05) is 0 Å². The lowest BCUT2D eigenvalue weighted by atomic mass is 10.3. The number of carboxylic acid groups (broad SMARTS) is 1. The predicted octanol–water partition coefficient (Wildman–Crippen LogP) is -0.908. The molecular weight excluding hydrogens is 94.0 g/mol. The van der Waals surface area contributed by atoms with Crippen molar-refractivity contribution in [3.63, 3.8) is 0 Å². The van der Waals surface area contributed by atoms with Crippen LogP contribution < -0.4 is 5.73 Å². The lowest BCUT2D eigenvalue weighted by molar-refractivity contribution is -0.413. The molecule has 0 spiro atoms. The first-order valence-electron chi connectivity index (χ1n) is 2.18. The van der Waals surface area contributed by atoms with Crippen LogP contribution in [-0.2, 0) is 4.79 Å². The zero-order chi connectivity index (χ0) is 5.86. The van der Waals surface area contributed by atoms with Crippen LogP contribution in [0.1, 0.15) is 13.3 Å². The first-order chi connectivity index (χ1) is 3.13. The SMILES string of the molecule is C[C@@H]([NH3+])CC(=O)O. The summed E-state index contributed by atoms with van der Waals surface area (Å²) in [6.45, 7) is 1.77. The highest BCUT2D eigenvalue weighted by Gasteiger charge is 2.02. The Morgan fingerprint density at radius 3 is 2.43 bits per heavy atom. The van der Waals surface area contributed by atoms with Crippen LogP contribution in [0.15, 0.2) is 0 Å². The Morgan fingerprint density at radius 1 is 2.00 bits per heavy atom. The van der Waals surface area contributed by atoms with Crippen molar-refractivity contribution in [1.29, 1.82) is 0 Å². The summed E-state index contributed by atoms with van der Waals surface area (Å²) in [7, 11) is 0. The van der Waals surface area contributed by atoms with Crippen molar-refractivity contribution in [2.24, 2.45) is 0 Å². The van der Waals surface area contributed by atoms with Crippen LogP contribution in [0.2, 0.25) is 0 Å². The number of quaternary nitrogens is 1. The van der Waals surface area contributed by atoms with Crippen molar-refractivity contribution in [2.75, 3.05) is 0 Å².